The Labute approximate surface area is 128 Å². The largest absolute Gasteiger partial charge is 0.423 e. The molecule has 0 atom stereocenters. The fourth-order valence-corrected chi connectivity index (χ4v) is 1.78. The van der Waals surface area contributed by atoms with Crippen molar-refractivity contribution < 1.29 is 14.3 Å². The van der Waals surface area contributed by atoms with Crippen molar-refractivity contribution in [3.8, 4) is 5.75 Å². The lowest BCUT2D eigenvalue weighted by Crippen LogP contribution is -2.36. The molecule has 0 spiro atoms. The standard InChI is InChI=1S/C17H16N2O3/c1-2-16(20)22-15-11-7-6-10-14(15)12-18-19-17(21)13-8-4-3-5-9-13/h2-11,18H,1,12H2,(H,19,21). The zero-order valence-corrected chi connectivity index (χ0v) is 11.9. The topological polar surface area (TPSA) is 67.4 Å². The Hall–Kier alpha value is -2.92. The molecule has 0 saturated carbocycles. The van der Waals surface area contributed by atoms with Crippen LogP contribution in [0.5, 0.6) is 5.75 Å². The molecule has 5 heteroatoms. The van der Waals surface area contributed by atoms with Crippen molar-refractivity contribution in [2.45, 2.75) is 6.54 Å². The van der Waals surface area contributed by atoms with Gasteiger partial charge in [0.15, 0.2) is 0 Å². The van der Waals surface area contributed by atoms with Crippen molar-refractivity contribution in [3.63, 3.8) is 0 Å². The molecule has 2 aromatic rings. The summed E-state index contributed by atoms with van der Waals surface area (Å²) in [5.41, 5.74) is 6.71. The van der Waals surface area contributed by atoms with E-state index in [1.807, 2.05) is 12.1 Å². The maximum atomic E-state index is 11.9. The number of benzene rings is 2. The molecule has 0 fully saturated rings. The van der Waals surface area contributed by atoms with Crippen LogP contribution in [-0.4, -0.2) is 11.9 Å². The molecule has 0 aliphatic carbocycles. The summed E-state index contributed by atoms with van der Waals surface area (Å²) >= 11 is 0. The molecular weight excluding hydrogens is 280 g/mol. The highest BCUT2D eigenvalue weighted by Crippen LogP contribution is 2.17. The molecule has 0 unspecified atom stereocenters. The molecule has 2 rings (SSSR count). The van der Waals surface area contributed by atoms with Gasteiger partial charge in [0.2, 0.25) is 0 Å². The van der Waals surface area contributed by atoms with E-state index in [4.69, 9.17) is 4.74 Å². The van der Waals surface area contributed by atoms with Crippen LogP contribution in [0.25, 0.3) is 0 Å². The highest BCUT2D eigenvalue weighted by atomic mass is 16.5. The highest BCUT2D eigenvalue weighted by molar-refractivity contribution is 5.93. The Morgan fingerprint density at radius 3 is 2.45 bits per heavy atom. The molecule has 0 bridgehead atoms. The Kier molecular flexibility index (Phi) is 5.45. The van der Waals surface area contributed by atoms with Gasteiger partial charge in [0.25, 0.3) is 5.91 Å². The predicted molar refractivity (Wildman–Crippen MR) is 83.0 cm³/mol. The van der Waals surface area contributed by atoms with Crippen molar-refractivity contribution in [2.75, 3.05) is 0 Å². The maximum Gasteiger partial charge on any atom is 0.335 e. The SMILES string of the molecule is C=CC(=O)Oc1ccccc1CNNC(=O)c1ccccc1. The summed E-state index contributed by atoms with van der Waals surface area (Å²) in [5, 5.41) is 0. The molecule has 2 N–H and O–H groups in total. The summed E-state index contributed by atoms with van der Waals surface area (Å²) in [5.74, 6) is -0.337. The minimum absolute atomic E-state index is 0.235. The van der Waals surface area contributed by atoms with E-state index in [0.717, 1.165) is 11.6 Å². The van der Waals surface area contributed by atoms with Crippen LogP contribution in [0.2, 0.25) is 0 Å². The first-order chi connectivity index (χ1) is 10.7. The van der Waals surface area contributed by atoms with E-state index in [-0.39, 0.29) is 5.91 Å². The fourth-order valence-electron chi connectivity index (χ4n) is 1.78. The average Bonchev–Trinajstić information content (AvgIpc) is 2.57. The highest BCUT2D eigenvalue weighted by Gasteiger charge is 2.07. The van der Waals surface area contributed by atoms with Gasteiger partial charge in [-0.1, -0.05) is 43.0 Å². The minimum Gasteiger partial charge on any atom is -0.423 e. The molecule has 0 aromatic heterocycles. The smallest absolute Gasteiger partial charge is 0.335 e. The van der Waals surface area contributed by atoms with E-state index in [1.54, 1.807) is 42.5 Å². The van der Waals surface area contributed by atoms with Gasteiger partial charge in [-0.15, -0.1) is 0 Å². The number of para-hydroxylation sites is 1. The zero-order valence-electron chi connectivity index (χ0n) is 11.9. The van der Waals surface area contributed by atoms with Gasteiger partial charge in [0, 0.05) is 23.7 Å². The quantitative estimate of drug-likeness (QED) is 0.371. The number of nitrogens with one attached hydrogen (secondary N) is 2. The summed E-state index contributed by atoms with van der Waals surface area (Å²) in [6.07, 6.45) is 1.10. The van der Waals surface area contributed by atoms with Gasteiger partial charge in [0.05, 0.1) is 0 Å². The van der Waals surface area contributed by atoms with Crippen molar-refractivity contribution >= 4 is 11.9 Å². The van der Waals surface area contributed by atoms with E-state index < -0.39 is 5.97 Å². The average molecular weight is 296 g/mol. The normalized spacial score (nSPS) is 9.82. The zero-order chi connectivity index (χ0) is 15.8. The molecule has 0 radical (unpaired) electrons. The number of hydrazine groups is 1. The van der Waals surface area contributed by atoms with Crippen LogP contribution < -0.4 is 15.6 Å². The second kappa shape index (κ2) is 7.75. The molecule has 0 aliphatic rings. The molecule has 5 nitrogen and oxygen atoms in total. The van der Waals surface area contributed by atoms with Crippen molar-refractivity contribution in [1.82, 2.24) is 10.9 Å². The first-order valence-corrected chi connectivity index (χ1v) is 6.71. The fraction of sp³-hybridized carbons (Fsp3) is 0.0588. The van der Waals surface area contributed by atoms with Gasteiger partial charge >= 0.3 is 5.97 Å². The van der Waals surface area contributed by atoms with Gasteiger partial charge < -0.3 is 4.74 Å². The predicted octanol–water partition coefficient (Wildman–Crippen LogP) is 2.21. The number of hydrogen-bond acceptors (Lipinski definition) is 4. The molecular formula is C17H16N2O3. The number of carbonyl (C=O) groups is 2. The summed E-state index contributed by atoms with van der Waals surface area (Å²) in [4.78, 5) is 23.1. The Morgan fingerprint density at radius 2 is 1.73 bits per heavy atom. The van der Waals surface area contributed by atoms with Crippen LogP contribution in [0, 0.1) is 0 Å². The molecule has 0 saturated heterocycles. The lowest BCUT2D eigenvalue weighted by molar-refractivity contribution is -0.129. The van der Waals surface area contributed by atoms with E-state index in [0.29, 0.717) is 17.9 Å². The second-order valence-corrected chi connectivity index (χ2v) is 4.41. The minimum atomic E-state index is -0.527. The number of carbonyl (C=O) groups excluding carboxylic acids is 2. The van der Waals surface area contributed by atoms with Crippen LogP contribution in [0.3, 0.4) is 0 Å². The molecule has 22 heavy (non-hydrogen) atoms. The molecule has 1 amide bonds. The second-order valence-electron chi connectivity index (χ2n) is 4.41. The lowest BCUT2D eigenvalue weighted by Gasteiger charge is -2.11. The van der Waals surface area contributed by atoms with Gasteiger partial charge in [-0.05, 0) is 18.2 Å². The van der Waals surface area contributed by atoms with E-state index in [9.17, 15) is 9.59 Å². The van der Waals surface area contributed by atoms with Crippen LogP contribution in [0.4, 0.5) is 0 Å². The number of esters is 1. The molecule has 2 aromatic carbocycles. The summed E-state index contributed by atoms with van der Waals surface area (Å²) in [6, 6.07) is 15.9. The number of hydrogen-bond donors (Lipinski definition) is 2. The number of ether oxygens (including phenoxy) is 1. The number of rotatable bonds is 6. The van der Waals surface area contributed by atoms with Crippen molar-refractivity contribution in [2.24, 2.45) is 0 Å². The van der Waals surface area contributed by atoms with Gasteiger partial charge in [-0.3, -0.25) is 10.2 Å². The first-order valence-electron chi connectivity index (χ1n) is 6.71. The third-order valence-corrected chi connectivity index (χ3v) is 2.87. The monoisotopic (exact) mass is 296 g/mol. The van der Waals surface area contributed by atoms with Crippen LogP contribution >= 0.6 is 0 Å². The van der Waals surface area contributed by atoms with Gasteiger partial charge in [-0.25, -0.2) is 10.2 Å². The third-order valence-electron chi connectivity index (χ3n) is 2.87. The van der Waals surface area contributed by atoms with Crippen LogP contribution in [-0.2, 0) is 11.3 Å². The van der Waals surface area contributed by atoms with Gasteiger partial charge in [-0.2, -0.15) is 0 Å². The Balaban J connectivity index is 1.93. The number of amides is 1. The van der Waals surface area contributed by atoms with E-state index in [1.165, 1.54) is 0 Å². The molecule has 112 valence electrons. The Morgan fingerprint density at radius 1 is 1.05 bits per heavy atom. The maximum absolute atomic E-state index is 11.9. The Bertz CT molecular complexity index is 669. The summed E-state index contributed by atoms with van der Waals surface area (Å²) < 4.78 is 5.13. The summed E-state index contributed by atoms with van der Waals surface area (Å²) in [6.45, 7) is 3.68. The lowest BCUT2D eigenvalue weighted by atomic mass is 10.2. The van der Waals surface area contributed by atoms with Crippen LogP contribution in [0.1, 0.15) is 15.9 Å². The van der Waals surface area contributed by atoms with Crippen molar-refractivity contribution in [3.05, 3.63) is 78.4 Å². The van der Waals surface area contributed by atoms with Crippen LogP contribution in [0.15, 0.2) is 67.3 Å². The molecule has 0 heterocycles. The van der Waals surface area contributed by atoms with Crippen molar-refractivity contribution in [1.29, 1.82) is 0 Å². The van der Waals surface area contributed by atoms with Gasteiger partial charge in [0.1, 0.15) is 5.75 Å². The van der Waals surface area contributed by atoms with E-state index >= 15 is 0 Å². The first kappa shape index (κ1) is 15.5. The van der Waals surface area contributed by atoms with E-state index in [2.05, 4.69) is 17.4 Å². The molecule has 0 aliphatic heterocycles. The summed E-state index contributed by atoms with van der Waals surface area (Å²) in [7, 11) is 0. The third kappa shape index (κ3) is 4.29.